The molecule has 0 aromatic heterocycles. The van der Waals surface area contributed by atoms with Crippen LogP contribution in [0, 0.1) is 11.3 Å². The van der Waals surface area contributed by atoms with E-state index >= 15 is 0 Å². The number of hydrogen-bond donors (Lipinski definition) is 1. The fourth-order valence-corrected chi connectivity index (χ4v) is 2.25. The van der Waals surface area contributed by atoms with Gasteiger partial charge in [-0.1, -0.05) is 0 Å². The van der Waals surface area contributed by atoms with Crippen LogP contribution < -0.4 is 4.74 Å². The van der Waals surface area contributed by atoms with Crippen LogP contribution in [0.4, 0.5) is 0 Å². The summed E-state index contributed by atoms with van der Waals surface area (Å²) in [5.41, 5.74) is 0.652. The number of benzene rings is 1. The van der Waals surface area contributed by atoms with Crippen LogP contribution in [0.25, 0.3) is 0 Å². The molecule has 1 saturated heterocycles. The summed E-state index contributed by atoms with van der Waals surface area (Å²) in [7, 11) is 0. The normalized spacial score (nSPS) is 17.1. The average Bonchev–Trinajstić information content (AvgIpc) is 2.46. The van der Waals surface area contributed by atoms with E-state index in [1.165, 1.54) is 0 Å². The van der Waals surface area contributed by atoms with Crippen molar-refractivity contribution in [3.8, 4) is 11.8 Å². The van der Waals surface area contributed by atoms with E-state index in [2.05, 4.69) is 11.0 Å². The van der Waals surface area contributed by atoms with Gasteiger partial charge in [0.2, 0.25) is 0 Å². The van der Waals surface area contributed by atoms with Crippen LogP contribution in [0.2, 0.25) is 0 Å². The molecule has 102 valence electrons. The van der Waals surface area contributed by atoms with Crippen LogP contribution in [0.5, 0.6) is 5.75 Å². The number of aliphatic hydroxyl groups is 1. The van der Waals surface area contributed by atoms with Crippen molar-refractivity contribution in [3.63, 3.8) is 0 Å². The second kappa shape index (κ2) is 7.13. The summed E-state index contributed by atoms with van der Waals surface area (Å²) in [4.78, 5) is 2.37. The zero-order chi connectivity index (χ0) is 13.5. The van der Waals surface area contributed by atoms with Crippen molar-refractivity contribution in [3.05, 3.63) is 29.8 Å². The fourth-order valence-electron chi connectivity index (χ4n) is 2.25. The second-order valence-corrected chi connectivity index (χ2v) is 4.91. The minimum atomic E-state index is -0.105. The highest BCUT2D eigenvalue weighted by molar-refractivity contribution is 5.34. The van der Waals surface area contributed by atoms with Gasteiger partial charge < -0.3 is 14.7 Å². The predicted molar refractivity (Wildman–Crippen MR) is 72.9 cm³/mol. The molecule has 0 amide bonds. The first-order valence-corrected chi connectivity index (χ1v) is 6.81. The van der Waals surface area contributed by atoms with E-state index in [9.17, 15) is 5.11 Å². The number of piperidine rings is 1. The summed E-state index contributed by atoms with van der Waals surface area (Å²) >= 11 is 0. The van der Waals surface area contributed by atoms with Gasteiger partial charge in [0.1, 0.15) is 5.75 Å². The molecule has 1 fully saturated rings. The summed E-state index contributed by atoms with van der Waals surface area (Å²) in [5, 5.41) is 18.1. The van der Waals surface area contributed by atoms with Crippen molar-refractivity contribution in [1.82, 2.24) is 4.90 Å². The van der Waals surface area contributed by atoms with Crippen LogP contribution in [-0.2, 0) is 0 Å². The lowest BCUT2D eigenvalue weighted by molar-refractivity contribution is 0.0800. The molecule has 0 bridgehead atoms. The van der Waals surface area contributed by atoms with Crippen LogP contribution in [0.15, 0.2) is 24.3 Å². The second-order valence-electron chi connectivity index (χ2n) is 4.91. The van der Waals surface area contributed by atoms with E-state index in [0.29, 0.717) is 12.2 Å². The van der Waals surface area contributed by atoms with Gasteiger partial charge in [0, 0.05) is 19.6 Å². The van der Waals surface area contributed by atoms with Gasteiger partial charge in [0.25, 0.3) is 0 Å². The third-order valence-corrected chi connectivity index (χ3v) is 3.43. The number of hydrogen-bond acceptors (Lipinski definition) is 4. The Labute approximate surface area is 114 Å². The third-order valence-electron chi connectivity index (χ3n) is 3.43. The molecule has 1 aliphatic rings. The number of rotatable bonds is 5. The van der Waals surface area contributed by atoms with E-state index < -0.39 is 0 Å². The van der Waals surface area contributed by atoms with Crippen molar-refractivity contribution in [2.75, 3.05) is 26.2 Å². The maximum absolute atomic E-state index is 9.42. The van der Waals surface area contributed by atoms with Crippen molar-refractivity contribution >= 4 is 0 Å². The fraction of sp³-hybridized carbons (Fsp3) is 0.533. The Morgan fingerprint density at radius 2 is 1.95 bits per heavy atom. The Balaban J connectivity index is 1.62. The highest BCUT2D eigenvalue weighted by Gasteiger charge is 2.15. The molecule has 0 aliphatic carbocycles. The predicted octanol–water partition coefficient (Wildman–Crippen LogP) is 1.78. The lowest BCUT2D eigenvalue weighted by Gasteiger charge is -2.29. The standard InChI is InChI=1S/C15H20N2O2/c16-12-13-2-4-15(5-3-13)19-11-1-8-17-9-6-14(18)7-10-17/h2-5,14,18H,1,6-11H2. The molecule has 0 saturated carbocycles. The van der Waals surface area contributed by atoms with E-state index in [4.69, 9.17) is 10.00 Å². The van der Waals surface area contributed by atoms with Crippen molar-refractivity contribution in [2.24, 2.45) is 0 Å². The molecular formula is C15H20N2O2. The zero-order valence-corrected chi connectivity index (χ0v) is 11.1. The summed E-state index contributed by atoms with van der Waals surface area (Å²) in [6.45, 7) is 3.67. The molecular weight excluding hydrogens is 240 g/mol. The Morgan fingerprint density at radius 3 is 2.58 bits per heavy atom. The van der Waals surface area contributed by atoms with Gasteiger partial charge >= 0.3 is 0 Å². The highest BCUT2D eigenvalue weighted by Crippen LogP contribution is 2.13. The van der Waals surface area contributed by atoms with Crippen molar-refractivity contribution < 1.29 is 9.84 Å². The molecule has 4 nitrogen and oxygen atoms in total. The number of ether oxygens (including phenoxy) is 1. The molecule has 1 heterocycles. The third kappa shape index (κ3) is 4.55. The highest BCUT2D eigenvalue weighted by atomic mass is 16.5. The quantitative estimate of drug-likeness (QED) is 0.820. The molecule has 1 aliphatic heterocycles. The van der Waals surface area contributed by atoms with E-state index in [-0.39, 0.29) is 6.10 Å². The largest absolute Gasteiger partial charge is 0.494 e. The lowest BCUT2D eigenvalue weighted by Crippen LogP contribution is -2.36. The van der Waals surface area contributed by atoms with E-state index in [0.717, 1.165) is 44.6 Å². The SMILES string of the molecule is N#Cc1ccc(OCCCN2CCC(O)CC2)cc1. The molecule has 4 heteroatoms. The summed E-state index contributed by atoms with van der Waals surface area (Å²) in [6.07, 6.45) is 2.65. The maximum Gasteiger partial charge on any atom is 0.119 e. The van der Waals surface area contributed by atoms with Gasteiger partial charge in [-0.3, -0.25) is 0 Å². The van der Waals surface area contributed by atoms with Crippen LogP contribution in [-0.4, -0.2) is 42.4 Å². The molecule has 0 radical (unpaired) electrons. The van der Waals surface area contributed by atoms with Gasteiger partial charge in [-0.2, -0.15) is 5.26 Å². The lowest BCUT2D eigenvalue weighted by atomic mass is 10.1. The van der Waals surface area contributed by atoms with Gasteiger partial charge in [-0.25, -0.2) is 0 Å². The molecule has 2 rings (SSSR count). The summed E-state index contributed by atoms with van der Waals surface area (Å²) in [6, 6.07) is 9.27. The maximum atomic E-state index is 9.42. The number of nitrogens with zero attached hydrogens (tertiary/aromatic N) is 2. The number of aliphatic hydroxyl groups excluding tert-OH is 1. The monoisotopic (exact) mass is 260 g/mol. The van der Waals surface area contributed by atoms with Gasteiger partial charge in [-0.15, -0.1) is 0 Å². The van der Waals surface area contributed by atoms with E-state index in [1.807, 2.05) is 12.1 Å². The Bertz CT molecular complexity index is 417. The van der Waals surface area contributed by atoms with Crippen molar-refractivity contribution in [1.29, 1.82) is 5.26 Å². The summed E-state index contributed by atoms with van der Waals surface area (Å²) < 4.78 is 5.63. The molecule has 19 heavy (non-hydrogen) atoms. The Morgan fingerprint density at radius 1 is 1.26 bits per heavy atom. The van der Waals surface area contributed by atoms with Crippen LogP contribution in [0.1, 0.15) is 24.8 Å². The summed E-state index contributed by atoms with van der Waals surface area (Å²) in [5.74, 6) is 0.813. The van der Waals surface area contributed by atoms with Crippen LogP contribution >= 0.6 is 0 Å². The first-order chi connectivity index (χ1) is 9.28. The molecule has 0 spiro atoms. The van der Waals surface area contributed by atoms with Crippen molar-refractivity contribution in [2.45, 2.75) is 25.4 Å². The average molecular weight is 260 g/mol. The minimum absolute atomic E-state index is 0.105. The Kier molecular flexibility index (Phi) is 5.20. The first-order valence-electron chi connectivity index (χ1n) is 6.81. The topological polar surface area (TPSA) is 56.5 Å². The molecule has 1 aromatic rings. The first kappa shape index (κ1) is 13.9. The van der Waals surface area contributed by atoms with Gasteiger partial charge in [-0.05, 0) is 43.5 Å². The number of likely N-dealkylation sites (tertiary alicyclic amines) is 1. The smallest absolute Gasteiger partial charge is 0.119 e. The molecule has 1 N–H and O–H groups in total. The van der Waals surface area contributed by atoms with E-state index in [1.54, 1.807) is 12.1 Å². The zero-order valence-electron chi connectivity index (χ0n) is 11.1. The molecule has 0 atom stereocenters. The minimum Gasteiger partial charge on any atom is -0.494 e. The Hall–Kier alpha value is -1.57. The number of nitriles is 1. The molecule has 1 aromatic carbocycles. The van der Waals surface area contributed by atoms with Gasteiger partial charge in [0.05, 0.1) is 24.3 Å². The molecule has 0 unspecified atom stereocenters. The van der Waals surface area contributed by atoms with Gasteiger partial charge in [0.15, 0.2) is 0 Å². The van der Waals surface area contributed by atoms with Crippen LogP contribution in [0.3, 0.4) is 0 Å².